The lowest BCUT2D eigenvalue weighted by atomic mass is 10.3. The van der Waals surface area contributed by atoms with Gasteiger partial charge in [0.1, 0.15) is 11.6 Å². The van der Waals surface area contributed by atoms with Gasteiger partial charge in [0.2, 0.25) is 5.82 Å². The van der Waals surface area contributed by atoms with Gasteiger partial charge >= 0.3 is 0 Å². The van der Waals surface area contributed by atoms with Crippen molar-refractivity contribution in [3.63, 3.8) is 0 Å². The second-order valence-corrected chi connectivity index (χ2v) is 4.62. The fourth-order valence-corrected chi connectivity index (χ4v) is 1.89. The lowest BCUT2D eigenvalue weighted by Gasteiger charge is -2.09. The Balaban J connectivity index is 2.28. The van der Waals surface area contributed by atoms with E-state index in [9.17, 15) is 8.78 Å². The van der Waals surface area contributed by atoms with Gasteiger partial charge in [-0.1, -0.05) is 15.9 Å². The van der Waals surface area contributed by atoms with Crippen molar-refractivity contribution in [2.24, 2.45) is 0 Å². The van der Waals surface area contributed by atoms with Crippen LogP contribution in [-0.4, -0.2) is 11.5 Å². The number of ether oxygens (including phenoxy) is 1. The van der Waals surface area contributed by atoms with Gasteiger partial charge in [0.05, 0.1) is 0 Å². The van der Waals surface area contributed by atoms with Crippen molar-refractivity contribution >= 4 is 21.7 Å². The van der Waals surface area contributed by atoms with Crippen LogP contribution in [0.25, 0.3) is 0 Å². The van der Waals surface area contributed by atoms with E-state index in [-0.39, 0.29) is 5.75 Å². The molecule has 0 unspecified atom stereocenters. The topological polar surface area (TPSA) is 34.1 Å². The first-order valence-electron chi connectivity index (χ1n) is 5.62. The molecule has 2 rings (SSSR count). The molecule has 6 heteroatoms. The smallest absolute Gasteiger partial charge is 0.201 e. The molecule has 0 bridgehead atoms. The maximum absolute atomic E-state index is 13.6. The summed E-state index contributed by atoms with van der Waals surface area (Å²) in [4.78, 5) is 4.06. The van der Waals surface area contributed by atoms with Gasteiger partial charge in [-0.3, -0.25) is 0 Å². The minimum atomic E-state index is -1.02. The molecule has 0 aliphatic rings. The number of pyridine rings is 1. The number of anilines is 1. The second kappa shape index (κ2) is 5.97. The predicted molar refractivity (Wildman–Crippen MR) is 72.5 cm³/mol. The molecular formula is C13H11BrF2N2O. The Hall–Kier alpha value is -1.69. The third-order valence-electron chi connectivity index (χ3n) is 2.28. The van der Waals surface area contributed by atoms with E-state index in [1.165, 1.54) is 12.3 Å². The van der Waals surface area contributed by atoms with Crippen LogP contribution in [0.3, 0.4) is 0 Å². The molecule has 1 aromatic carbocycles. The van der Waals surface area contributed by atoms with Crippen LogP contribution in [-0.2, 0) is 0 Å². The van der Waals surface area contributed by atoms with Crippen LogP contribution < -0.4 is 10.1 Å². The van der Waals surface area contributed by atoms with Crippen molar-refractivity contribution in [3.05, 3.63) is 46.6 Å². The lowest BCUT2D eigenvalue weighted by molar-refractivity contribution is 0.415. The molecule has 0 spiro atoms. The van der Waals surface area contributed by atoms with Crippen LogP contribution in [0, 0.1) is 11.6 Å². The quantitative estimate of drug-likeness (QED) is 0.847. The number of rotatable bonds is 4. The molecule has 1 heterocycles. The zero-order valence-electron chi connectivity index (χ0n) is 10.1. The third kappa shape index (κ3) is 3.41. The fraction of sp³-hybridized carbons (Fsp3) is 0.154. The van der Waals surface area contributed by atoms with Gasteiger partial charge in [-0.2, -0.15) is 4.39 Å². The highest BCUT2D eigenvalue weighted by Gasteiger charge is 2.12. The van der Waals surface area contributed by atoms with Gasteiger partial charge in [-0.25, -0.2) is 9.37 Å². The van der Waals surface area contributed by atoms with Crippen LogP contribution in [0.1, 0.15) is 6.92 Å². The molecule has 0 atom stereocenters. The number of hydrogen-bond donors (Lipinski definition) is 1. The van der Waals surface area contributed by atoms with E-state index in [1.807, 2.05) is 6.92 Å². The molecule has 0 radical (unpaired) electrons. The molecule has 19 heavy (non-hydrogen) atoms. The number of aromatic nitrogens is 1. The van der Waals surface area contributed by atoms with E-state index >= 15 is 0 Å². The van der Waals surface area contributed by atoms with Gasteiger partial charge < -0.3 is 10.1 Å². The summed E-state index contributed by atoms with van der Waals surface area (Å²) in [5.74, 6) is -1.19. The lowest BCUT2D eigenvalue weighted by Crippen LogP contribution is -1.99. The summed E-state index contributed by atoms with van der Waals surface area (Å²) >= 11 is 3.09. The molecular weight excluding hydrogens is 318 g/mol. The number of hydrogen-bond acceptors (Lipinski definition) is 3. The van der Waals surface area contributed by atoms with Gasteiger partial charge in [0, 0.05) is 23.3 Å². The summed E-state index contributed by atoms with van der Waals surface area (Å²) < 4.78 is 32.5. The van der Waals surface area contributed by atoms with Gasteiger partial charge in [-0.15, -0.1) is 0 Å². The predicted octanol–water partition coefficient (Wildman–Crippen LogP) is 4.35. The van der Waals surface area contributed by atoms with Crippen molar-refractivity contribution in [1.82, 2.24) is 4.98 Å². The van der Waals surface area contributed by atoms with Crippen molar-refractivity contribution < 1.29 is 13.5 Å². The van der Waals surface area contributed by atoms with E-state index in [1.54, 1.807) is 12.1 Å². The van der Waals surface area contributed by atoms with Crippen molar-refractivity contribution in [2.45, 2.75) is 6.92 Å². The molecule has 1 aromatic heterocycles. The zero-order valence-corrected chi connectivity index (χ0v) is 11.7. The minimum absolute atomic E-state index is 0.180. The molecule has 100 valence electrons. The number of halogens is 3. The standard InChI is InChI=1S/C13H11BrF2N2O/c1-2-17-12-7-9(3-4-18-12)19-11-6-8(14)5-10(15)13(11)16/h3-7H,2H2,1H3,(H,17,18). The molecule has 0 saturated heterocycles. The van der Waals surface area contributed by atoms with Gasteiger partial charge in [0.15, 0.2) is 11.6 Å². The molecule has 1 N–H and O–H groups in total. The number of nitrogens with zero attached hydrogens (tertiary/aromatic N) is 1. The highest BCUT2D eigenvalue weighted by atomic mass is 79.9. The Morgan fingerprint density at radius 2 is 2.11 bits per heavy atom. The Bertz CT molecular complexity index is 593. The molecule has 0 fully saturated rings. The highest BCUT2D eigenvalue weighted by Crippen LogP contribution is 2.30. The van der Waals surface area contributed by atoms with E-state index in [0.29, 0.717) is 22.6 Å². The van der Waals surface area contributed by atoms with Crippen LogP contribution in [0.5, 0.6) is 11.5 Å². The van der Waals surface area contributed by atoms with Crippen molar-refractivity contribution in [2.75, 3.05) is 11.9 Å². The summed E-state index contributed by atoms with van der Waals surface area (Å²) in [7, 11) is 0. The Morgan fingerprint density at radius 3 is 2.84 bits per heavy atom. The summed E-state index contributed by atoms with van der Waals surface area (Å²) in [5.41, 5.74) is 0. The first-order chi connectivity index (χ1) is 9.10. The largest absolute Gasteiger partial charge is 0.454 e. The highest BCUT2D eigenvalue weighted by molar-refractivity contribution is 9.10. The summed E-state index contributed by atoms with van der Waals surface area (Å²) in [6, 6.07) is 5.59. The van der Waals surface area contributed by atoms with Crippen LogP contribution >= 0.6 is 15.9 Å². The summed E-state index contributed by atoms with van der Waals surface area (Å²) in [6.07, 6.45) is 1.53. The van der Waals surface area contributed by atoms with E-state index < -0.39 is 11.6 Å². The average molecular weight is 329 g/mol. The first kappa shape index (κ1) is 13.7. The second-order valence-electron chi connectivity index (χ2n) is 3.71. The monoisotopic (exact) mass is 328 g/mol. The number of nitrogens with one attached hydrogen (secondary N) is 1. The maximum Gasteiger partial charge on any atom is 0.201 e. The molecule has 0 amide bonds. The Morgan fingerprint density at radius 1 is 1.32 bits per heavy atom. The molecule has 3 nitrogen and oxygen atoms in total. The first-order valence-corrected chi connectivity index (χ1v) is 6.41. The van der Waals surface area contributed by atoms with Gasteiger partial charge in [-0.05, 0) is 25.1 Å². The van der Waals surface area contributed by atoms with E-state index in [4.69, 9.17) is 4.74 Å². The SMILES string of the molecule is CCNc1cc(Oc2cc(Br)cc(F)c2F)ccn1. The van der Waals surface area contributed by atoms with Crippen LogP contribution in [0.2, 0.25) is 0 Å². The maximum atomic E-state index is 13.6. The molecule has 0 aliphatic heterocycles. The summed E-state index contributed by atoms with van der Waals surface area (Å²) in [6.45, 7) is 2.63. The average Bonchev–Trinajstić information content (AvgIpc) is 2.36. The van der Waals surface area contributed by atoms with Gasteiger partial charge in [0.25, 0.3) is 0 Å². The zero-order chi connectivity index (χ0) is 13.8. The Kier molecular flexibility index (Phi) is 4.31. The van der Waals surface area contributed by atoms with Crippen molar-refractivity contribution in [1.29, 1.82) is 0 Å². The fourth-order valence-electron chi connectivity index (χ4n) is 1.49. The van der Waals surface area contributed by atoms with Crippen LogP contribution in [0.4, 0.5) is 14.6 Å². The van der Waals surface area contributed by atoms with E-state index in [0.717, 1.165) is 6.07 Å². The van der Waals surface area contributed by atoms with E-state index in [2.05, 4.69) is 26.2 Å². The molecule has 0 saturated carbocycles. The Labute approximate surface area is 117 Å². The molecule has 2 aromatic rings. The number of benzene rings is 1. The molecule has 0 aliphatic carbocycles. The normalized spacial score (nSPS) is 10.3. The third-order valence-corrected chi connectivity index (χ3v) is 2.73. The van der Waals surface area contributed by atoms with Crippen LogP contribution in [0.15, 0.2) is 34.9 Å². The van der Waals surface area contributed by atoms with Crippen molar-refractivity contribution in [3.8, 4) is 11.5 Å². The summed E-state index contributed by atoms with van der Waals surface area (Å²) in [5, 5.41) is 3.00. The minimum Gasteiger partial charge on any atom is -0.454 e.